The second kappa shape index (κ2) is 14.3. The molecular formula is C48H44O4. The average Bonchev–Trinajstić information content (AvgIpc) is 3.18. The summed E-state index contributed by atoms with van der Waals surface area (Å²) in [5.41, 5.74) is 9.45. The molecule has 0 aliphatic carbocycles. The van der Waals surface area contributed by atoms with Crippen molar-refractivity contribution in [3.63, 3.8) is 0 Å². The highest BCUT2D eigenvalue weighted by Crippen LogP contribution is 2.46. The highest BCUT2D eigenvalue weighted by molar-refractivity contribution is 6.10. The molecule has 0 aliphatic heterocycles. The number of benzene rings is 8. The SMILES string of the molecule is COc1cc2ccccc2c(-c2c(C)c(OC)cc3ccccc23)c1C.COc1cc2ccccc2c(-c2c(C)c(OC)cc3ccccc23)c1C. The molecule has 4 nitrogen and oxygen atoms in total. The molecule has 0 atom stereocenters. The van der Waals surface area contributed by atoms with Crippen LogP contribution in [-0.4, -0.2) is 28.4 Å². The largest absolute Gasteiger partial charge is 0.496 e. The third kappa shape index (κ3) is 5.84. The van der Waals surface area contributed by atoms with Gasteiger partial charge in [-0.3, -0.25) is 0 Å². The van der Waals surface area contributed by atoms with Gasteiger partial charge in [-0.1, -0.05) is 97.1 Å². The Bertz CT molecular complexity index is 2250. The van der Waals surface area contributed by atoms with E-state index in [2.05, 4.69) is 149 Å². The average molecular weight is 685 g/mol. The standard InChI is InChI=1S/2C24H22O2/c2*1-15-21(25-3)13-17-9-5-7-11-19(17)23(15)24-16(2)22(26-4)14-18-10-6-8-12-20(18)24/h2*5-14H,1-4H3. The van der Waals surface area contributed by atoms with Gasteiger partial charge in [0.05, 0.1) is 28.4 Å². The van der Waals surface area contributed by atoms with Crippen LogP contribution in [0.15, 0.2) is 121 Å². The van der Waals surface area contributed by atoms with Crippen molar-refractivity contribution in [1.82, 2.24) is 0 Å². The monoisotopic (exact) mass is 684 g/mol. The minimum atomic E-state index is 0.907. The summed E-state index contributed by atoms with van der Waals surface area (Å²) < 4.78 is 22.8. The molecule has 52 heavy (non-hydrogen) atoms. The van der Waals surface area contributed by atoms with Crippen LogP contribution in [0.4, 0.5) is 0 Å². The summed E-state index contributed by atoms with van der Waals surface area (Å²) in [4.78, 5) is 0. The molecule has 0 saturated heterocycles. The summed E-state index contributed by atoms with van der Waals surface area (Å²) in [6.07, 6.45) is 0. The molecule has 0 unspecified atom stereocenters. The van der Waals surface area contributed by atoms with E-state index in [1.165, 1.54) is 65.3 Å². The minimum absolute atomic E-state index is 0.907. The lowest BCUT2D eigenvalue weighted by molar-refractivity contribution is 0.411. The van der Waals surface area contributed by atoms with E-state index in [4.69, 9.17) is 18.9 Å². The molecule has 0 aromatic heterocycles. The molecular weight excluding hydrogens is 641 g/mol. The molecule has 0 fully saturated rings. The first-order valence-corrected chi connectivity index (χ1v) is 17.6. The van der Waals surface area contributed by atoms with Gasteiger partial charge in [-0.25, -0.2) is 0 Å². The molecule has 8 aromatic carbocycles. The maximum Gasteiger partial charge on any atom is 0.123 e. The lowest BCUT2D eigenvalue weighted by Gasteiger charge is -2.20. The Balaban J connectivity index is 0.000000162. The van der Waals surface area contributed by atoms with Crippen LogP contribution in [0.5, 0.6) is 23.0 Å². The highest BCUT2D eigenvalue weighted by atomic mass is 16.5. The summed E-state index contributed by atoms with van der Waals surface area (Å²) >= 11 is 0. The van der Waals surface area contributed by atoms with Gasteiger partial charge >= 0.3 is 0 Å². The normalized spacial score (nSPS) is 11.1. The summed E-state index contributed by atoms with van der Waals surface area (Å²) in [5.74, 6) is 3.63. The predicted octanol–water partition coefficient (Wildman–Crippen LogP) is 12.6. The molecule has 0 aliphatic rings. The fourth-order valence-electron chi connectivity index (χ4n) is 7.84. The molecule has 260 valence electrons. The van der Waals surface area contributed by atoms with E-state index >= 15 is 0 Å². The van der Waals surface area contributed by atoms with Crippen LogP contribution in [0.1, 0.15) is 22.3 Å². The first-order valence-electron chi connectivity index (χ1n) is 17.6. The zero-order chi connectivity index (χ0) is 36.5. The molecule has 8 aromatic rings. The smallest absolute Gasteiger partial charge is 0.123 e. The van der Waals surface area contributed by atoms with Crippen molar-refractivity contribution in [2.45, 2.75) is 27.7 Å². The van der Waals surface area contributed by atoms with Crippen LogP contribution in [0.25, 0.3) is 65.3 Å². The summed E-state index contributed by atoms with van der Waals surface area (Å²) in [7, 11) is 6.93. The van der Waals surface area contributed by atoms with E-state index in [-0.39, 0.29) is 0 Å². The maximum absolute atomic E-state index is 5.69. The molecule has 0 heterocycles. The summed E-state index contributed by atoms with van der Waals surface area (Å²) in [6.45, 7) is 8.53. The van der Waals surface area contributed by atoms with Gasteiger partial charge in [0.15, 0.2) is 0 Å². The van der Waals surface area contributed by atoms with E-state index < -0.39 is 0 Å². The van der Waals surface area contributed by atoms with Crippen LogP contribution in [0.2, 0.25) is 0 Å². The molecule has 0 N–H and O–H groups in total. The first kappa shape index (κ1) is 34.4. The van der Waals surface area contributed by atoms with Gasteiger partial charge in [-0.05, 0) is 140 Å². The molecule has 0 spiro atoms. The van der Waals surface area contributed by atoms with Crippen molar-refractivity contribution < 1.29 is 18.9 Å². The molecule has 0 saturated carbocycles. The van der Waals surface area contributed by atoms with Gasteiger partial charge in [0, 0.05) is 0 Å². The summed E-state index contributed by atoms with van der Waals surface area (Å²) in [5, 5.41) is 9.62. The Labute approximate surface area is 306 Å². The fourth-order valence-corrected chi connectivity index (χ4v) is 7.84. The van der Waals surface area contributed by atoms with Crippen LogP contribution in [0.3, 0.4) is 0 Å². The Morgan fingerprint density at radius 1 is 0.288 bits per heavy atom. The van der Waals surface area contributed by atoms with Crippen molar-refractivity contribution >= 4 is 43.1 Å². The van der Waals surface area contributed by atoms with Crippen molar-refractivity contribution in [3.8, 4) is 45.3 Å². The van der Waals surface area contributed by atoms with E-state index in [1.807, 2.05) is 0 Å². The number of rotatable bonds is 6. The van der Waals surface area contributed by atoms with Gasteiger partial charge in [0.1, 0.15) is 23.0 Å². The van der Waals surface area contributed by atoms with Crippen LogP contribution in [0, 0.1) is 27.7 Å². The van der Waals surface area contributed by atoms with Gasteiger partial charge in [0.2, 0.25) is 0 Å². The predicted molar refractivity (Wildman–Crippen MR) is 219 cm³/mol. The Morgan fingerprint density at radius 2 is 0.481 bits per heavy atom. The van der Waals surface area contributed by atoms with E-state index in [0.717, 1.165) is 45.3 Å². The Kier molecular flexibility index (Phi) is 9.49. The van der Waals surface area contributed by atoms with Crippen molar-refractivity contribution in [2.75, 3.05) is 28.4 Å². The fraction of sp³-hybridized carbons (Fsp3) is 0.167. The van der Waals surface area contributed by atoms with Gasteiger partial charge < -0.3 is 18.9 Å². The third-order valence-electron chi connectivity index (χ3n) is 10.4. The van der Waals surface area contributed by atoms with Crippen LogP contribution in [-0.2, 0) is 0 Å². The topological polar surface area (TPSA) is 36.9 Å². The van der Waals surface area contributed by atoms with Gasteiger partial charge in [-0.2, -0.15) is 0 Å². The quantitative estimate of drug-likeness (QED) is 0.175. The molecule has 0 radical (unpaired) electrons. The van der Waals surface area contributed by atoms with Crippen LogP contribution < -0.4 is 18.9 Å². The third-order valence-corrected chi connectivity index (χ3v) is 10.4. The molecule has 4 heteroatoms. The number of fused-ring (bicyclic) bond motifs is 4. The maximum atomic E-state index is 5.69. The number of methoxy groups -OCH3 is 4. The Hall–Kier alpha value is -6.00. The zero-order valence-electron chi connectivity index (χ0n) is 31.2. The number of ether oxygens (including phenoxy) is 4. The zero-order valence-corrected chi connectivity index (χ0v) is 31.2. The van der Waals surface area contributed by atoms with Crippen molar-refractivity contribution in [1.29, 1.82) is 0 Å². The molecule has 0 bridgehead atoms. The first-order chi connectivity index (χ1) is 25.3. The van der Waals surface area contributed by atoms with Crippen molar-refractivity contribution in [2.24, 2.45) is 0 Å². The molecule has 0 amide bonds. The lowest BCUT2D eigenvalue weighted by Crippen LogP contribution is -1.97. The lowest BCUT2D eigenvalue weighted by atomic mass is 9.87. The van der Waals surface area contributed by atoms with Crippen molar-refractivity contribution in [3.05, 3.63) is 144 Å². The number of hydrogen-bond donors (Lipinski definition) is 0. The van der Waals surface area contributed by atoms with Gasteiger partial charge in [-0.15, -0.1) is 0 Å². The van der Waals surface area contributed by atoms with E-state index in [1.54, 1.807) is 28.4 Å². The van der Waals surface area contributed by atoms with E-state index in [9.17, 15) is 0 Å². The minimum Gasteiger partial charge on any atom is -0.496 e. The molecule has 8 rings (SSSR count). The van der Waals surface area contributed by atoms with Crippen LogP contribution >= 0.6 is 0 Å². The second-order valence-electron chi connectivity index (χ2n) is 13.2. The highest BCUT2D eigenvalue weighted by Gasteiger charge is 2.21. The second-order valence-corrected chi connectivity index (χ2v) is 13.2. The summed E-state index contributed by atoms with van der Waals surface area (Å²) in [6, 6.07) is 42.4. The van der Waals surface area contributed by atoms with Gasteiger partial charge in [0.25, 0.3) is 0 Å². The Morgan fingerprint density at radius 3 is 0.673 bits per heavy atom. The number of hydrogen-bond acceptors (Lipinski definition) is 4. The van der Waals surface area contributed by atoms with E-state index in [0.29, 0.717) is 0 Å².